The Balaban J connectivity index is 2.50. The first-order valence-corrected chi connectivity index (χ1v) is 5.99. The molecule has 19 heavy (non-hydrogen) atoms. The SMILES string of the molecule is COCCNC(=O)C1CCCN(C(=O)C(F)(F)F)C1. The van der Waals surface area contributed by atoms with E-state index in [0.717, 1.165) is 0 Å². The number of piperidine rings is 1. The summed E-state index contributed by atoms with van der Waals surface area (Å²) in [5.74, 6) is -2.80. The minimum Gasteiger partial charge on any atom is -0.383 e. The first kappa shape index (κ1) is 15.7. The maximum Gasteiger partial charge on any atom is 0.471 e. The van der Waals surface area contributed by atoms with Crippen LogP contribution in [-0.2, 0) is 14.3 Å². The van der Waals surface area contributed by atoms with Crippen LogP contribution in [0.2, 0.25) is 0 Å². The Morgan fingerprint density at radius 3 is 2.68 bits per heavy atom. The van der Waals surface area contributed by atoms with Crippen LogP contribution in [0.25, 0.3) is 0 Å². The molecule has 1 atom stereocenters. The molecule has 1 heterocycles. The average Bonchev–Trinajstić information content (AvgIpc) is 2.37. The molecule has 0 aromatic heterocycles. The van der Waals surface area contributed by atoms with Gasteiger partial charge in [-0.25, -0.2) is 0 Å². The Kier molecular flexibility index (Phi) is 5.59. The van der Waals surface area contributed by atoms with E-state index in [1.165, 1.54) is 7.11 Å². The van der Waals surface area contributed by atoms with Crippen molar-refractivity contribution < 1.29 is 27.5 Å². The van der Waals surface area contributed by atoms with E-state index in [1.807, 2.05) is 0 Å². The van der Waals surface area contributed by atoms with Crippen LogP contribution in [0.5, 0.6) is 0 Å². The molecular weight excluding hydrogens is 265 g/mol. The van der Waals surface area contributed by atoms with Crippen molar-refractivity contribution in [2.45, 2.75) is 19.0 Å². The van der Waals surface area contributed by atoms with Gasteiger partial charge in [0.2, 0.25) is 5.91 Å². The molecule has 1 saturated heterocycles. The van der Waals surface area contributed by atoms with Crippen LogP contribution in [0.15, 0.2) is 0 Å². The number of methoxy groups -OCH3 is 1. The van der Waals surface area contributed by atoms with Crippen molar-refractivity contribution >= 4 is 11.8 Å². The molecule has 0 aromatic rings. The number of hydrogen-bond acceptors (Lipinski definition) is 3. The molecule has 5 nitrogen and oxygen atoms in total. The standard InChI is InChI=1S/C11H17F3N2O3/c1-19-6-4-15-9(17)8-3-2-5-16(7-8)10(18)11(12,13)14/h8H,2-7H2,1H3,(H,15,17). The first-order chi connectivity index (χ1) is 8.86. The highest BCUT2D eigenvalue weighted by Crippen LogP contribution is 2.23. The van der Waals surface area contributed by atoms with Crippen LogP contribution in [0.4, 0.5) is 13.2 Å². The monoisotopic (exact) mass is 282 g/mol. The zero-order valence-electron chi connectivity index (χ0n) is 10.6. The fourth-order valence-corrected chi connectivity index (χ4v) is 1.98. The maximum atomic E-state index is 12.3. The Labute approximate surface area is 109 Å². The van der Waals surface area contributed by atoms with Gasteiger partial charge in [-0.1, -0.05) is 0 Å². The summed E-state index contributed by atoms with van der Waals surface area (Å²) in [6, 6.07) is 0. The average molecular weight is 282 g/mol. The molecule has 1 rings (SSSR count). The van der Waals surface area contributed by atoms with E-state index in [2.05, 4.69) is 5.32 Å². The molecule has 1 aliphatic heterocycles. The summed E-state index contributed by atoms with van der Waals surface area (Å²) in [4.78, 5) is 23.5. The number of amides is 2. The lowest BCUT2D eigenvalue weighted by atomic mass is 9.97. The molecular formula is C11H17F3N2O3. The second-order valence-electron chi connectivity index (χ2n) is 4.37. The van der Waals surface area contributed by atoms with Gasteiger partial charge in [0.1, 0.15) is 0 Å². The second kappa shape index (κ2) is 6.74. The molecule has 8 heteroatoms. The molecule has 110 valence electrons. The summed E-state index contributed by atoms with van der Waals surface area (Å²) in [5.41, 5.74) is 0. The molecule has 0 aliphatic carbocycles. The van der Waals surface area contributed by atoms with Gasteiger partial charge < -0.3 is 15.0 Å². The highest BCUT2D eigenvalue weighted by Gasteiger charge is 2.44. The number of alkyl halides is 3. The molecule has 1 N–H and O–H groups in total. The lowest BCUT2D eigenvalue weighted by molar-refractivity contribution is -0.187. The van der Waals surface area contributed by atoms with Crippen LogP contribution < -0.4 is 5.32 Å². The third-order valence-electron chi connectivity index (χ3n) is 2.93. The van der Waals surface area contributed by atoms with Gasteiger partial charge in [-0.2, -0.15) is 13.2 Å². The van der Waals surface area contributed by atoms with Crippen molar-refractivity contribution in [1.82, 2.24) is 10.2 Å². The molecule has 0 spiro atoms. The van der Waals surface area contributed by atoms with Crippen LogP contribution in [-0.4, -0.2) is 56.2 Å². The summed E-state index contributed by atoms with van der Waals surface area (Å²) in [7, 11) is 1.48. The third-order valence-corrected chi connectivity index (χ3v) is 2.93. The van der Waals surface area contributed by atoms with E-state index < -0.39 is 18.0 Å². The van der Waals surface area contributed by atoms with E-state index in [-0.39, 0.29) is 19.0 Å². The van der Waals surface area contributed by atoms with Crippen LogP contribution in [0, 0.1) is 5.92 Å². The quantitative estimate of drug-likeness (QED) is 0.766. The third kappa shape index (κ3) is 4.70. The molecule has 0 bridgehead atoms. The minimum absolute atomic E-state index is 0.0419. The summed E-state index contributed by atoms with van der Waals surface area (Å²) in [6.07, 6.45) is -4.00. The van der Waals surface area contributed by atoms with Crippen molar-refractivity contribution in [3.05, 3.63) is 0 Å². The number of halogens is 3. The fourth-order valence-electron chi connectivity index (χ4n) is 1.98. The van der Waals surface area contributed by atoms with Gasteiger partial charge in [-0.15, -0.1) is 0 Å². The van der Waals surface area contributed by atoms with Crippen molar-refractivity contribution in [3.8, 4) is 0 Å². The summed E-state index contributed by atoms with van der Waals surface area (Å²) >= 11 is 0. The minimum atomic E-state index is -4.88. The number of hydrogen-bond donors (Lipinski definition) is 1. The Hall–Kier alpha value is -1.31. The number of rotatable bonds is 4. The van der Waals surface area contributed by atoms with Crippen LogP contribution in [0.1, 0.15) is 12.8 Å². The number of nitrogens with one attached hydrogen (secondary N) is 1. The number of ether oxygens (including phenoxy) is 1. The van der Waals surface area contributed by atoms with Gasteiger partial charge >= 0.3 is 12.1 Å². The van der Waals surface area contributed by atoms with Crippen LogP contribution in [0.3, 0.4) is 0 Å². The molecule has 2 amide bonds. The molecule has 1 fully saturated rings. The zero-order chi connectivity index (χ0) is 14.5. The number of carbonyl (C=O) groups is 2. The van der Waals surface area contributed by atoms with E-state index in [0.29, 0.717) is 30.9 Å². The van der Waals surface area contributed by atoms with Gasteiger partial charge in [0.05, 0.1) is 12.5 Å². The highest BCUT2D eigenvalue weighted by molar-refractivity contribution is 5.84. The molecule has 0 saturated carbocycles. The maximum absolute atomic E-state index is 12.3. The van der Waals surface area contributed by atoms with Crippen LogP contribution >= 0.6 is 0 Å². The largest absolute Gasteiger partial charge is 0.471 e. The Morgan fingerprint density at radius 2 is 2.11 bits per heavy atom. The number of nitrogens with zero attached hydrogens (tertiary/aromatic N) is 1. The normalized spacial score (nSPS) is 20.2. The number of carbonyl (C=O) groups excluding carboxylic acids is 2. The second-order valence-corrected chi connectivity index (χ2v) is 4.37. The lowest BCUT2D eigenvalue weighted by Gasteiger charge is -2.32. The van der Waals surface area contributed by atoms with E-state index >= 15 is 0 Å². The summed E-state index contributed by atoms with van der Waals surface area (Å²) in [5, 5.41) is 2.57. The highest BCUT2D eigenvalue weighted by atomic mass is 19.4. The van der Waals surface area contributed by atoms with E-state index in [1.54, 1.807) is 0 Å². The van der Waals surface area contributed by atoms with Crippen molar-refractivity contribution in [3.63, 3.8) is 0 Å². The molecule has 0 radical (unpaired) electrons. The van der Waals surface area contributed by atoms with Gasteiger partial charge in [0.15, 0.2) is 0 Å². The molecule has 1 unspecified atom stereocenters. The van der Waals surface area contributed by atoms with E-state index in [9.17, 15) is 22.8 Å². The predicted molar refractivity (Wildman–Crippen MR) is 60.2 cm³/mol. The smallest absolute Gasteiger partial charge is 0.383 e. The van der Waals surface area contributed by atoms with Crippen molar-refractivity contribution in [2.75, 3.05) is 33.4 Å². The zero-order valence-corrected chi connectivity index (χ0v) is 10.6. The van der Waals surface area contributed by atoms with Crippen molar-refractivity contribution in [1.29, 1.82) is 0 Å². The lowest BCUT2D eigenvalue weighted by Crippen LogP contribution is -2.49. The van der Waals surface area contributed by atoms with Gasteiger partial charge in [-0.05, 0) is 12.8 Å². The van der Waals surface area contributed by atoms with Gasteiger partial charge in [0.25, 0.3) is 0 Å². The molecule has 1 aliphatic rings. The summed E-state index contributed by atoms with van der Waals surface area (Å²) in [6.45, 7) is 0.500. The summed E-state index contributed by atoms with van der Waals surface area (Å²) < 4.78 is 41.7. The van der Waals surface area contributed by atoms with E-state index in [4.69, 9.17) is 4.74 Å². The number of likely N-dealkylation sites (tertiary alicyclic amines) is 1. The predicted octanol–water partition coefficient (Wildman–Crippen LogP) is 0.550. The Morgan fingerprint density at radius 1 is 1.42 bits per heavy atom. The Bertz CT molecular complexity index is 334. The fraction of sp³-hybridized carbons (Fsp3) is 0.818. The van der Waals surface area contributed by atoms with Gasteiger partial charge in [-0.3, -0.25) is 9.59 Å². The van der Waals surface area contributed by atoms with Crippen molar-refractivity contribution in [2.24, 2.45) is 5.92 Å². The first-order valence-electron chi connectivity index (χ1n) is 5.99. The molecule has 0 aromatic carbocycles. The topological polar surface area (TPSA) is 58.6 Å². The van der Waals surface area contributed by atoms with Gasteiger partial charge in [0, 0.05) is 26.7 Å².